The third-order valence-electron chi connectivity index (χ3n) is 3.91. The zero-order chi connectivity index (χ0) is 18.1. The van der Waals surface area contributed by atoms with E-state index >= 15 is 0 Å². The van der Waals surface area contributed by atoms with Crippen LogP contribution in [-0.4, -0.2) is 35.4 Å². The second-order valence-corrected chi connectivity index (χ2v) is 6.00. The van der Waals surface area contributed by atoms with Crippen LogP contribution in [0.15, 0.2) is 29.1 Å². The molecular weight excluding hydrogens is 318 g/mol. The summed E-state index contributed by atoms with van der Waals surface area (Å²) in [5.74, 6) is -0.255. The molecule has 2 aromatic rings. The van der Waals surface area contributed by atoms with Gasteiger partial charge < -0.3 is 10.1 Å². The van der Waals surface area contributed by atoms with Crippen LogP contribution in [0, 0.1) is 0 Å². The molecule has 0 bridgehead atoms. The molecule has 0 saturated heterocycles. The Kier molecular flexibility index (Phi) is 7.60. The average molecular weight is 345 g/mol. The summed E-state index contributed by atoms with van der Waals surface area (Å²) in [5, 5.41) is 8.29. The van der Waals surface area contributed by atoms with Crippen molar-refractivity contribution in [3.05, 3.63) is 40.3 Å². The molecule has 0 radical (unpaired) electrons. The predicted octanol–water partition coefficient (Wildman–Crippen LogP) is 2.74. The number of hydrogen-bond acceptors (Lipinski definition) is 4. The smallest absolute Gasteiger partial charge is 0.274 e. The Labute approximate surface area is 148 Å². The summed E-state index contributed by atoms with van der Waals surface area (Å²) in [6.07, 6.45) is 3.70. The van der Waals surface area contributed by atoms with Crippen LogP contribution in [-0.2, 0) is 11.3 Å². The van der Waals surface area contributed by atoms with Gasteiger partial charge in [0.25, 0.3) is 11.5 Å². The highest BCUT2D eigenvalue weighted by Crippen LogP contribution is 2.13. The van der Waals surface area contributed by atoms with Crippen molar-refractivity contribution >= 4 is 16.7 Å². The summed E-state index contributed by atoms with van der Waals surface area (Å²) < 4.78 is 6.87. The van der Waals surface area contributed by atoms with E-state index in [9.17, 15) is 9.59 Å². The molecule has 0 saturated carbocycles. The molecule has 136 valence electrons. The first-order valence-electron chi connectivity index (χ1n) is 9.04. The fourth-order valence-corrected chi connectivity index (χ4v) is 2.57. The molecule has 0 aliphatic carbocycles. The van der Waals surface area contributed by atoms with Gasteiger partial charge in [0.1, 0.15) is 0 Å². The molecule has 1 aromatic carbocycles. The van der Waals surface area contributed by atoms with Crippen molar-refractivity contribution in [1.29, 1.82) is 0 Å². The fraction of sp³-hybridized carbons (Fsp3) is 0.526. The van der Waals surface area contributed by atoms with E-state index in [1.54, 1.807) is 18.2 Å². The molecule has 1 amide bonds. The zero-order valence-corrected chi connectivity index (χ0v) is 15.1. The number of benzene rings is 1. The van der Waals surface area contributed by atoms with Gasteiger partial charge in [-0.1, -0.05) is 38.5 Å². The number of aryl methyl sites for hydroxylation is 1. The zero-order valence-electron chi connectivity index (χ0n) is 15.1. The summed E-state index contributed by atoms with van der Waals surface area (Å²) in [6.45, 7) is 6.51. The van der Waals surface area contributed by atoms with Crippen molar-refractivity contribution in [3.63, 3.8) is 0 Å². The van der Waals surface area contributed by atoms with Crippen molar-refractivity contribution in [3.8, 4) is 0 Å². The Balaban J connectivity index is 2.07. The van der Waals surface area contributed by atoms with Gasteiger partial charge in [0, 0.05) is 31.7 Å². The molecule has 6 nitrogen and oxygen atoms in total. The maximum Gasteiger partial charge on any atom is 0.274 e. The van der Waals surface area contributed by atoms with Gasteiger partial charge in [-0.15, -0.1) is 0 Å². The van der Waals surface area contributed by atoms with E-state index in [0.717, 1.165) is 32.3 Å². The van der Waals surface area contributed by atoms with Crippen LogP contribution >= 0.6 is 0 Å². The number of rotatable bonds is 10. The molecule has 0 aliphatic rings. The molecular formula is C19H27N3O3. The molecule has 6 heteroatoms. The number of amides is 1. The van der Waals surface area contributed by atoms with Crippen LogP contribution in [0.3, 0.4) is 0 Å². The first kappa shape index (κ1) is 19.1. The molecule has 0 spiro atoms. The molecule has 1 heterocycles. The minimum Gasteiger partial charge on any atom is -0.381 e. The average Bonchev–Trinajstić information content (AvgIpc) is 2.63. The van der Waals surface area contributed by atoms with E-state index in [4.69, 9.17) is 4.74 Å². The third-order valence-corrected chi connectivity index (χ3v) is 3.91. The minimum absolute atomic E-state index is 0.154. The standard InChI is InChI=1S/C19H27N3O3/c1-3-5-13-25-14-8-11-20-18(23)17-15-9-6-7-10-16(15)19(24)22(21-17)12-4-2/h6-7,9-10H,3-5,8,11-14H2,1-2H3,(H,20,23). The Hall–Kier alpha value is -2.21. The lowest BCUT2D eigenvalue weighted by Crippen LogP contribution is -2.31. The molecule has 1 aromatic heterocycles. The van der Waals surface area contributed by atoms with Gasteiger partial charge in [-0.3, -0.25) is 9.59 Å². The van der Waals surface area contributed by atoms with Crippen molar-refractivity contribution in [1.82, 2.24) is 15.1 Å². The van der Waals surface area contributed by atoms with E-state index in [1.807, 2.05) is 13.0 Å². The number of nitrogens with zero attached hydrogens (tertiary/aromatic N) is 2. The number of fused-ring (bicyclic) bond motifs is 1. The molecule has 1 N–H and O–H groups in total. The van der Waals surface area contributed by atoms with Crippen molar-refractivity contribution in [2.24, 2.45) is 0 Å². The van der Waals surface area contributed by atoms with Gasteiger partial charge in [-0.05, 0) is 25.3 Å². The summed E-state index contributed by atoms with van der Waals surface area (Å²) >= 11 is 0. The summed E-state index contributed by atoms with van der Waals surface area (Å²) in [6, 6.07) is 7.12. The van der Waals surface area contributed by atoms with E-state index in [2.05, 4.69) is 17.3 Å². The normalized spacial score (nSPS) is 11.0. The molecule has 0 aliphatic heterocycles. The molecule has 2 rings (SSSR count). The number of nitrogens with one attached hydrogen (secondary N) is 1. The number of hydrogen-bond donors (Lipinski definition) is 1. The van der Waals surface area contributed by atoms with Crippen molar-refractivity contribution < 1.29 is 9.53 Å². The third kappa shape index (κ3) is 5.13. The number of carbonyl (C=O) groups is 1. The second kappa shape index (κ2) is 9.93. The molecule has 0 unspecified atom stereocenters. The second-order valence-electron chi connectivity index (χ2n) is 6.00. The van der Waals surface area contributed by atoms with Gasteiger partial charge in [0.05, 0.1) is 5.39 Å². The largest absolute Gasteiger partial charge is 0.381 e. The summed E-state index contributed by atoms with van der Waals surface area (Å²) in [7, 11) is 0. The van der Waals surface area contributed by atoms with Crippen LogP contribution in [0.25, 0.3) is 10.8 Å². The summed E-state index contributed by atoms with van der Waals surface area (Å²) in [4.78, 5) is 25.0. The molecule has 0 atom stereocenters. The lowest BCUT2D eigenvalue weighted by atomic mass is 10.1. The monoisotopic (exact) mass is 345 g/mol. The van der Waals surface area contributed by atoms with E-state index < -0.39 is 0 Å². The first-order chi connectivity index (χ1) is 12.2. The number of unbranched alkanes of at least 4 members (excludes halogenated alkanes) is 1. The van der Waals surface area contributed by atoms with Crippen LogP contribution in [0.5, 0.6) is 0 Å². The molecule has 0 fully saturated rings. The maximum atomic E-state index is 12.5. The number of carbonyl (C=O) groups excluding carboxylic acids is 1. The number of aromatic nitrogens is 2. The Morgan fingerprint density at radius 3 is 2.56 bits per heavy atom. The fourth-order valence-electron chi connectivity index (χ4n) is 2.57. The number of ether oxygens (including phenoxy) is 1. The van der Waals surface area contributed by atoms with Crippen LogP contribution in [0.1, 0.15) is 50.0 Å². The van der Waals surface area contributed by atoms with Crippen molar-refractivity contribution in [2.75, 3.05) is 19.8 Å². The predicted molar refractivity (Wildman–Crippen MR) is 99.0 cm³/mol. The lowest BCUT2D eigenvalue weighted by Gasteiger charge is -2.11. The van der Waals surface area contributed by atoms with Gasteiger partial charge in [0.15, 0.2) is 5.69 Å². The highest BCUT2D eigenvalue weighted by atomic mass is 16.5. The van der Waals surface area contributed by atoms with Gasteiger partial charge in [0.2, 0.25) is 0 Å². The van der Waals surface area contributed by atoms with Gasteiger partial charge in [-0.25, -0.2) is 4.68 Å². The van der Waals surface area contributed by atoms with E-state index in [1.165, 1.54) is 4.68 Å². The summed E-state index contributed by atoms with van der Waals surface area (Å²) in [5.41, 5.74) is 0.147. The lowest BCUT2D eigenvalue weighted by molar-refractivity contribution is 0.0935. The van der Waals surface area contributed by atoms with Crippen LogP contribution in [0.4, 0.5) is 0 Å². The topological polar surface area (TPSA) is 73.2 Å². The molecule has 25 heavy (non-hydrogen) atoms. The SMILES string of the molecule is CCCCOCCCNC(=O)c1nn(CCC)c(=O)c2ccccc12. The van der Waals surface area contributed by atoms with E-state index in [0.29, 0.717) is 36.2 Å². The van der Waals surface area contributed by atoms with Gasteiger partial charge in [-0.2, -0.15) is 5.10 Å². The Bertz CT molecular complexity index is 755. The highest BCUT2D eigenvalue weighted by Gasteiger charge is 2.15. The van der Waals surface area contributed by atoms with E-state index in [-0.39, 0.29) is 11.5 Å². The Morgan fingerprint density at radius 2 is 1.84 bits per heavy atom. The quantitative estimate of drug-likeness (QED) is 0.672. The highest BCUT2D eigenvalue weighted by molar-refractivity contribution is 6.04. The van der Waals surface area contributed by atoms with Gasteiger partial charge >= 0.3 is 0 Å². The first-order valence-corrected chi connectivity index (χ1v) is 9.04. The Morgan fingerprint density at radius 1 is 1.12 bits per heavy atom. The maximum absolute atomic E-state index is 12.5. The minimum atomic E-state index is -0.255. The van der Waals surface area contributed by atoms with Crippen molar-refractivity contribution in [2.45, 2.75) is 46.1 Å². The van der Waals surface area contributed by atoms with Crippen LogP contribution in [0.2, 0.25) is 0 Å². The van der Waals surface area contributed by atoms with Crippen LogP contribution < -0.4 is 10.9 Å².